The smallest absolute Gasteiger partial charge is 0.261 e. The van der Waals surface area contributed by atoms with Crippen LogP contribution in [0.5, 0.6) is 5.75 Å². The van der Waals surface area contributed by atoms with Crippen LogP contribution in [0, 0.1) is 17.7 Å². The molecule has 2 fully saturated rings. The molecule has 2 aliphatic rings. The number of aromatic nitrogens is 4. The van der Waals surface area contributed by atoms with E-state index >= 15 is 0 Å². The number of piperidine rings is 2. The van der Waals surface area contributed by atoms with Gasteiger partial charge in [-0.15, -0.1) is 0 Å². The van der Waals surface area contributed by atoms with Crippen LogP contribution in [0.3, 0.4) is 0 Å². The second-order valence-electron chi connectivity index (χ2n) is 11.2. The molecule has 224 valence electrons. The van der Waals surface area contributed by atoms with Crippen molar-refractivity contribution in [3.05, 3.63) is 52.1 Å². The number of likely N-dealkylation sites (tertiary alicyclic amines) is 2. The summed E-state index contributed by atoms with van der Waals surface area (Å²) in [7, 11) is 3.39. The first-order chi connectivity index (χ1) is 20.1. The summed E-state index contributed by atoms with van der Waals surface area (Å²) in [4.78, 5) is 62.3. The number of aryl methyl sites for hydroxylation is 1. The van der Waals surface area contributed by atoms with Gasteiger partial charge < -0.3 is 24.4 Å². The third kappa shape index (κ3) is 6.44. The summed E-state index contributed by atoms with van der Waals surface area (Å²) in [5.41, 5.74) is 0.0441. The van der Waals surface area contributed by atoms with E-state index in [1.807, 2.05) is 0 Å². The number of carbonyl (C=O) groups is 3. The quantitative estimate of drug-likeness (QED) is 0.451. The van der Waals surface area contributed by atoms with Crippen molar-refractivity contribution in [1.82, 2.24) is 34.4 Å². The lowest BCUT2D eigenvalue weighted by Crippen LogP contribution is -2.43. The number of carbonyl (C=O) groups excluding carboxylic acids is 3. The van der Waals surface area contributed by atoms with Crippen LogP contribution in [0.15, 0.2) is 29.3 Å². The van der Waals surface area contributed by atoms with Gasteiger partial charge in [0, 0.05) is 71.4 Å². The summed E-state index contributed by atoms with van der Waals surface area (Å²) in [5.74, 6) is -0.396. The van der Waals surface area contributed by atoms with Crippen molar-refractivity contribution < 1.29 is 23.5 Å². The molecular formula is C29H36FN7O5. The molecule has 0 spiro atoms. The number of hydrogen-bond donors (Lipinski definition) is 1. The molecule has 1 aromatic carbocycles. The second-order valence-corrected chi connectivity index (χ2v) is 11.2. The van der Waals surface area contributed by atoms with Crippen molar-refractivity contribution in [3.63, 3.8) is 0 Å². The third-order valence-corrected chi connectivity index (χ3v) is 8.18. The zero-order valence-electron chi connectivity index (χ0n) is 24.1. The van der Waals surface area contributed by atoms with Crippen molar-refractivity contribution in [3.8, 4) is 5.75 Å². The Morgan fingerprint density at radius 2 is 1.79 bits per heavy atom. The van der Waals surface area contributed by atoms with E-state index in [0.29, 0.717) is 51.2 Å². The fourth-order valence-electron chi connectivity index (χ4n) is 5.69. The van der Waals surface area contributed by atoms with Gasteiger partial charge >= 0.3 is 0 Å². The predicted octanol–water partition coefficient (Wildman–Crippen LogP) is 1.94. The number of ether oxygens (including phenoxy) is 1. The van der Waals surface area contributed by atoms with Crippen LogP contribution in [-0.2, 0) is 23.2 Å². The number of nitrogens with one attached hydrogen (secondary N) is 1. The van der Waals surface area contributed by atoms with Gasteiger partial charge in [-0.25, -0.2) is 9.37 Å². The van der Waals surface area contributed by atoms with Gasteiger partial charge in [0.05, 0.1) is 30.4 Å². The minimum Gasteiger partial charge on any atom is -0.493 e. The molecule has 5 rings (SSSR count). The van der Waals surface area contributed by atoms with Gasteiger partial charge in [-0.05, 0) is 31.6 Å². The highest BCUT2D eigenvalue weighted by atomic mass is 19.1. The van der Waals surface area contributed by atoms with Gasteiger partial charge in [0.25, 0.3) is 11.5 Å². The van der Waals surface area contributed by atoms with Gasteiger partial charge in [-0.3, -0.25) is 23.9 Å². The topological polar surface area (TPSA) is 134 Å². The molecule has 3 aromatic rings. The lowest BCUT2D eigenvalue weighted by Gasteiger charge is -2.33. The maximum Gasteiger partial charge on any atom is 0.261 e. The molecule has 0 unspecified atom stereocenters. The second kappa shape index (κ2) is 12.3. The van der Waals surface area contributed by atoms with Gasteiger partial charge in [-0.2, -0.15) is 5.10 Å². The summed E-state index contributed by atoms with van der Waals surface area (Å²) in [5, 5.41) is 3.88. The average molecular weight is 582 g/mol. The molecule has 0 aliphatic carbocycles. The largest absolute Gasteiger partial charge is 0.493 e. The Balaban J connectivity index is 1.19. The summed E-state index contributed by atoms with van der Waals surface area (Å²) < 4.78 is 22.3. The molecule has 2 aliphatic heterocycles. The molecule has 0 atom stereocenters. The summed E-state index contributed by atoms with van der Waals surface area (Å²) in [6.07, 6.45) is 5.86. The number of amides is 3. The summed E-state index contributed by atoms with van der Waals surface area (Å²) >= 11 is 0. The number of benzene rings is 1. The molecule has 3 amide bonds. The number of rotatable bonds is 7. The molecule has 4 heterocycles. The Hall–Kier alpha value is -4.29. The van der Waals surface area contributed by atoms with Crippen LogP contribution in [0.2, 0.25) is 0 Å². The Labute approximate surface area is 242 Å². The normalized spacial score (nSPS) is 16.6. The SMILES string of the molecule is CC(=O)N1CCC(COc2cc(F)c3c(=O)[nH]c(CN(C)C(=O)C4CCN(C(=O)c5cnn(C)c5)CC4)nc3c2)CC1. The zero-order valence-corrected chi connectivity index (χ0v) is 24.1. The molecule has 13 heteroatoms. The number of halogens is 1. The third-order valence-electron chi connectivity index (χ3n) is 8.18. The predicted molar refractivity (Wildman–Crippen MR) is 151 cm³/mol. The summed E-state index contributed by atoms with van der Waals surface area (Å²) in [6, 6.07) is 2.73. The maximum absolute atomic E-state index is 14.9. The zero-order chi connectivity index (χ0) is 30.0. The van der Waals surface area contributed by atoms with Crippen LogP contribution in [0.4, 0.5) is 4.39 Å². The van der Waals surface area contributed by atoms with Gasteiger partial charge in [-0.1, -0.05) is 0 Å². The number of fused-ring (bicyclic) bond motifs is 1. The van der Waals surface area contributed by atoms with E-state index in [9.17, 15) is 23.6 Å². The first-order valence-electron chi connectivity index (χ1n) is 14.2. The number of hydrogen-bond acceptors (Lipinski definition) is 7. The minimum atomic E-state index is -0.730. The van der Waals surface area contributed by atoms with Crippen molar-refractivity contribution in [1.29, 1.82) is 0 Å². The van der Waals surface area contributed by atoms with Gasteiger partial charge in [0.2, 0.25) is 11.8 Å². The van der Waals surface area contributed by atoms with Crippen molar-refractivity contribution in [2.24, 2.45) is 18.9 Å². The Morgan fingerprint density at radius 1 is 1.10 bits per heavy atom. The van der Waals surface area contributed by atoms with Gasteiger partial charge in [0.15, 0.2) is 0 Å². The van der Waals surface area contributed by atoms with E-state index in [-0.39, 0.29) is 58.6 Å². The van der Waals surface area contributed by atoms with E-state index in [0.717, 1.165) is 12.8 Å². The van der Waals surface area contributed by atoms with Crippen LogP contribution in [-0.4, -0.2) is 92.0 Å². The molecule has 0 radical (unpaired) electrons. The lowest BCUT2D eigenvalue weighted by molar-refractivity contribution is -0.136. The summed E-state index contributed by atoms with van der Waals surface area (Å²) in [6.45, 7) is 4.23. The van der Waals surface area contributed by atoms with Crippen molar-refractivity contribution >= 4 is 28.6 Å². The molecule has 1 N–H and O–H groups in total. The first-order valence-corrected chi connectivity index (χ1v) is 14.2. The average Bonchev–Trinajstić information content (AvgIpc) is 3.41. The monoisotopic (exact) mass is 581 g/mol. The van der Waals surface area contributed by atoms with Crippen molar-refractivity contribution in [2.45, 2.75) is 39.2 Å². The van der Waals surface area contributed by atoms with Gasteiger partial charge in [0.1, 0.15) is 22.8 Å². The first kappa shape index (κ1) is 29.2. The number of aromatic amines is 1. The molecule has 0 bridgehead atoms. The van der Waals surface area contributed by atoms with E-state index in [1.54, 1.807) is 47.8 Å². The van der Waals surface area contributed by atoms with Crippen LogP contribution >= 0.6 is 0 Å². The minimum absolute atomic E-state index is 0.0419. The molecular weight excluding hydrogens is 545 g/mol. The Morgan fingerprint density at radius 3 is 2.43 bits per heavy atom. The van der Waals surface area contributed by atoms with E-state index in [1.165, 1.54) is 17.2 Å². The highest BCUT2D eigenvalue weighted by molar-refractivity contribution is 5.94. The highest BCUT2D eigenvalue weighted by Crippen LogP contribution is 2.25. The van der Waals surface area contributed by atoms with Crippen molar-refractivity contribution in [2.75, 3.05) is 39.8 Å². The maximum atomic E-state index is 14.9. The van der Waals surface area contributed by atoms with E-state index < -0.39 is 11.4 Å². The van der Waals surface area contributed by atoms with Crippen LogP contribution in [0.25, 0.3) is 10.9 Å². The fourth-order valence-corrected chi connectivity index (χ4v) is 5.69. The fraction of sp³-hybridized carbons (Fsp3) is 0.517. The van der Waals surface area contributed by atoms with E-state index in [4.69, 9.17) is 4.74 Å². The van der Waals surface area contributed by atoms with E-state index in [2.05, 4.69) is 15.1 Å². The number of H-pyrrole nitrogens is 1. The number of nitrogens with zero attached hydrogens (tertiary/aromatic N) is 6. The molecule has 42 heavy (non-hydrogen) atoms. The Kier molecular flexibility index (Phi) is 8.55. The molecule has 2 saturated heterocycles. The highest BCUT2D eigenvalue weighted by Gasteiger charge is 2.30. The molecule has 2 aromatic heterocycles. The van der Waals surface area contributed by atoms with Crippen LogP contribution < -0.4 is 10.3 Å². The standard InChI is InChI=1S/C29H36FN7O5/c1-18(38)36-8-4-19(5-9-36)17-42-22-12-23(30)26-24(13-22)32-25(33-27(26)39)16-34(2)28(40)20-6-10-37(11-7-20)29(41)21-14-31-35(3)15-21/h12-15,19-20H,4-11,16-17H2,1-3H3,(H,32,33,39). The molecule has 0 saturated carbocycles. The molecule has 12 nitrogen and oxygen atoms in total. The Bertz CT molecular complexity index is 1540. The lowest BCUT2D eigenvalue weighted by atomic mass is 9.95. The van der Waals surface area contributed by atoms with Crippen LogP contribution in [0.1, 0.15) is 48.8 Å².